The zero-order chi connectivity index (χ0) is 20.4. The van der Waals surface area contributed by atoms with Crippen LogP contribution in [0, 0.1) is 5.92 Å². The van der Waals surface area contributed by atoms with Crippen LogP contribution < -0.4 is 11.1 Å². The number of nitrogens with one attached hydrogen (secondary N) is 1. The zero-order valence-corrected chi connectivity index (χ0v) is 14.6. The Morgan fingerprint density at radius 1 is 1.37 bits per heavy atom. The summed E-state index contributed by atoms with van der Waals surface area (Å²) in [5.41, 5.74) is 5.59. The van der Waals surface area contributed by atoms with Gasteiger partial charge in [-0.2, -0.15) is 13.2 Å². The molecule has 2 aliphatic rings. The lowest BCUT2D eigenvalue weighted by Crippen LogP contribution is -2.53. The Labute approximate surface area is 152 Å². The number of allylic oxidation sites excluding steroid dienone is 1. The van der Waals surface area contributed by atoms with Crippen LogP contribution in [-0.4, -0.2) is 54.5 Å². The Bertz CT molecular complexity index is 613. The van der Waals surface area contributed by atoms with Crippen LogP contribution in [0.4, 0.5) is 22.0 Å². The molecule has 0 aromatic carbocycles. The van der Waals surface area contributed by atoms with Gasteiger partial charge in [0, 0.05) is 13.1 Å². The Morgan fingerprint density at radius 3 is 2.41 bits per heavy atom. The number of nitrogens with zero attached hydrogens (tertiary/aromatic N) is 1. The lowest BCUT2D eigenvalue weighted by Gasteiger charge is -2.45. The lowest BCUT2D eigenvalue weighted by molar-refractivity contribution is -0.186. The maximum absolute atomic E-state index is 12.9. The minimum Gasteiger partial charge on any atom is -0.478 e. The van der Waals surface area contributed by atoms with Gasteiger partial charge in [0.1, 0.15) is 12.4 Å². The lowest BCUT2D eigenvalue weighted by atomic mass is 9.84. The molecule has 0 saturated heterocycles. The second kappa shape index (κ2) is 8.32. The third-order valence-corrected chi connectivity index (χ3v) is 4.78. The Kier molecular flexibility index (Phi) is 6.55. The van der Waals surface area contributed by atoms with E-state index in [4.69, 9.17) is 10.5 Å². The van der Waals surface area contributed by atoms with Crippen molar-refractivity contribution in [3.05, 3.63) is 23.2 Å². The van der Waals surface area contributed by atoms with Gasteiger partial charge in [0.05, 0.1) is 17.2 Å². The van der Waals surface area contributed by atoms with Gasteiger partial charge >= 0.3 is 12.1 Å². The summed E-state index contributed by atoms with van der Waals surface area (Å²) in [6, 6.07) is -0.532. The van der Waals surface area contributed by atoms with Crippen molar-refractivity contribution < 1.29 is 36.6 Å². The molecule has 154 valence electrons. The molecule has 4 N–H and O–H groups in total. The molecule has 27 heavy (non-hydrogen) atoms. The zero-order valence-electron chi connectivity index (χ0n) is 14.6. The predicted molar refractivity (Wildman–Crippen MR) is 85.4 cm³/mol. The maximum Gasteiger partial charge on any atom is 0.391 e. The van der Waals surface area contributed by atoms with E-state index in [9.17, 15) is 31.9 Å². The summed E-state index contributed by atoms with van der Waals surface area (Å²) in [7, 11) is 1.50. The number of ether oxygens (including phenoxy) is 1. The fraction of sp³-hybridized carbons (Fsp3) is 0.688. The maximum atomic E-state index is 12.9. The fourth-order valence-electron chi connectivity index (χ4n) is 3.55. The van der Waals surface area contributed by atoms with Crippen molar-refractivity contribution in [1.82, 2.24) is 10.2 Å². The molecule has 1 heterocycles. The summed E-state index contributed by atoms with van der Waals surface area (Å²) >= 11 is 0. The number of rotatable bonds is 6. The molecule has 0 bridgehead atoms. The molecule has 0 radical (unpaired) electrons. The molecule has 0 amide bonds. The molecule has 0 aromatic rings. The van der Waals surface area contributed by atoms with Crippen LogP contribution in [0.5, 0.6) is 0 Å². The number of carboxylic acids is 1. The van der Waals surface area contributed by atoms with Gasteiger partial charge in [0.2, 0.25) is 0 Å². The average Bonchev–Trinajstić information content (AvgIpc) is 2.58. The van der Waals surface area contributed by atoms with E-state index in [-0.39, 0.29) is 42.8 Å². The predicted octanol–water partition coefficient (Wildman–Crippen LogP) is 2.39. The average molecular weight is 399 g/mol. The molecule has 11 heteroatoms. The van der Waals surface area contributed by atoms with E-state index < -0.39 is 43.4 Å². The molecule has 1 atom stereocenters. The first-order valence-corrected chi connectivity index (χ1v) is 8.43. The van der Waals surface area contributed by atoms with Crippen molar-refractivity contribution >= 4 is 5.97 Å². The standard InChI is InChI=1S/C16H22F5N3O3/c1-23-13-11(22)6-10(15(25)26)14(27-7-12(17)18)24(13)9-4-2-8(3-5-9)16(19,20)21/h6,8-9,12,14,23H,2-5,7,22H2,1H3,(H,25,26). The van der Waals surface area contributed by atoms with Crippen LogP contribution in [0.25, 0.3) is 0 Å². The fourth-order valence-corrected chi connectivity index (χ4v) is 3.55. The Balaban J connectivity index is 2.31. The highest BCUT2D eigenvalue weighted by molar-refractivity contribution is 5.88. The van der Waals surface area contributed by atoms with Crippen LogP contribution in [0.3, 0.4) is 0 Å². The highest BCUT2D eigenvalue weighted by Crippen LogP contribution is 2.41. The van der Waals surface area contributed by atoms with Crippen molar-refractivity contribution in [2.24, 2.45) is 11.7 Å². The topological polar surface area (TPSA) is 87.8 Å². The van der Waals surface area contributed by atoms with Crippen molar-refractivity contribution in [1.29, 1.82) is 0 Å². The third-order valence-electron chi connectivity index (χ3n) is 4.78. The second-order valence-electron chi connectivity index (χ2n) is 6.49. The van der Waals surface area contributed by atoms with Crippen LogP contribution in [0.1, 0.15) is 25.7 Å². The summed E-state index contributed by atoms with van der Waals surface area (Å²) in [5.74, 6) is -2.59. The molecular weight excluding hydrogens is 377 g/mol. The van der Waals surface area contributed by atoms with Gasteiger partial charge in [-0.1, -0.05) is 0 Å². The number of alkyl halides is 5. The van der Waals surface area contributed by atoms with E-state index in [0.29, 0.717) is 0 Å². The minimum absolute atomic E-state index is 0.0461. The molecule has 1 unspecified atom stereocenters. The largest absolute Gasteiger partial charge is 0.478 e. The van der Waals surface area contributed by atoms with Crippen molar-refractivity contribution in [3.8, 4) is 0 Å². The summed E-state index contributed by atoms with van der Waals surface area (Å²) in [6.45, 7) is -1.01. The van der Waals surface area contributed by atoms with Crippen LogP contribution in [-0.2, 0) is 9.53 Å². The van der Waals surface area contributed by atoms with E-state index in [1.54, 1.807) is 0 Å². The summed E-state index contributed by atoms with van der Waals surface area (Å²) in [4.78, 5) is 12.9. The molecule has 1 saturated carbocycles. The number of carboxylic acid groups (broad SMARTS) is 1. The molecule has 0 aromatic heterocycles. The third kappa shape index (κ3) is 4.82. The normalized spacial score (nSPS) is 27.0. The number of nitrogens with two attached hydrogens (primary N) is 1. The van der Waals surface area contributed by atoms with Crippen LogP contribution in [0.2, 0.25) is 0 Å². The van der Waals surface area contributed by atoms with E-state index in [0.717, 1.165) is 6.08 Å². The molecule has 1 aliphatic heterocycles. The van der Waals surface area contributed by atoms with Crippen molar-refractivity contribution in [2.75, 3.05) is 13.7 Å². The Morgan fingerprint density at radius 2 is 1.96 bits per heavy atom. The molecular formula is C16H22F5N3O3. The molecule has 2 rings (SSSR count). The quantitative estimate of drug-likeness (QED) is 0.595. The van der Waals surface area contributed by atoms with Crippen LogP contribution in [0.15, 0.2) is 23.2 Å². The Hall–Kier alpha value is -2.04. The van der Waals surface area contributed by atoms with Gasteiger partial charge in [-0.05, 0) is 31.8 Å². The van der Waals surface area contributed by atoms with Gasteiger partial charge in [-0.15, -0.1) is 0 Å². The van der Waals surface area contributed by atoms with Gasteiger partial charge < -0.3 is 25.8 Å². The first-order chi connectivity index (χ1) is 12.6. The molecule has 0 spiro atoms. The highest BCUT2D eigenvalue weighted by Gasteiger charge is 2.45. The van der Waals surface area contributed by atoms with E-state index in [2.05, 4.69) is 5.32 Å². The number of hydrogen-bond acceptors (Lipinski definition) is 5. The van der Waals surface area contributed by atoms with Gasteiger partial charge in [-0.25, -0.2) is 13.6 Å². The molecule has 1 fully saturated rings. The summed E-state index contributed by atoms with van der Waals surface area (Å²) in [6.07, 6.45) is -7.48. The summed E-state index contributed by atoms with van der Waals surface area (Å²) < 4.78 is 69.2. The smallest absolute Gasteiger partial charge is 0.391 e. The SMILES string of the molecule is CNC1=C(N)C=C(C(=O)O)C(OCC(F)F)N1C1CCC(C(F)(F)F)CC1. The van der Waals surface area contributed by atoms with E-state index in [1.165, 1.54) is 11.9 Å². The van der Waals surface area contributed by atoms with E-state index >= 15 is 0 Å². The second-order valence-corrected chi connectivity index (χ2v) is 6.49. The number of halogens is 5. The van der Waals surface area contributed by atoms with Gasteiger partial charge in [0.25, 0.3) is 6.43 Å². The molecule has 1 aliphatic carbocycles. The number of carbonyl (C=O) groups is 1. The van der Waals surface area contributed by atoms with Gasteiger partial charge in [0.15, 0.2) is 6.23 Å². The minimum atomic E-state index is -4.30. The first kappa shape index (κ1) is 21.3. The first-order valence-electron chi connectivity index (χ1n) is 8.43. The number of aliphatic carboxylic acids is 1. The van der Waals surface area contributed by atoms with Crippen LogP contribution >= 0.6 is 0 Å². The van der Waals surface area contributed by atoms with Crippen molar-refractivity contribution in [2.45, 2.75) is 50.6 Å². The number of hydrogen-bond donors (Lipinski definition) is 3. The molecule has 6 nitrogen and oxygen atoms in total. The highest BCUT2D eigenvalue weighted by atomic mass is 19.4. The van der Waals surface area contributed by atoms with Crippen molar-refractivity contribution in [3.63, 3.8) is 0 Å². The van der Waals surface area contributed by atoms with E-state index in [1.807, 2.05) is 0 Å². The summed E-state index contributed by atoms with van der Waals surface area (Å²) in [5, 5.41) is 12.2. The monoisotopic (exact) mass is 399 g/mol. The van der Waals surface area contributed by atoms with Gasteiger partial charge in [-0.3, -0.25) is 0 Å².